The molecule has 7 nitrogen and oxygen atoms in total. The molecule has 0 saturated heterocycles. The second-order valence-corrected chi connectivity index (χ2v) is 5.99. The molecule has 0 saturated carbocycles. The monoisotopic (exact) mass is 339 g/mol. The van der Waals surface area contributed by atoms with Gasteiger partial charge in [0.2, 0.25) is 11.7 Å². The van der Waals surface area contributed by atoms with Crippen LogP contribution in [0.3, 0.4) is 0 Å². The zero-order chi connectivity index (χ0) is 16.4. The molecule has 0 aliphatic rings. The Balaban J connectivity index is 1.52. The van der Waals surface area contributed by atoms with Crippen molar-refractivity contribution in [1.82, 2.24) is 24.9 Å². The average molecular weight is 339 g/mol. The third-order valence-corrected chi connectivity index (χ3v) is 4.35. The maximum atomic E-state index is 5.26. The highest BCUT2D eigenvalue weighted by molar-refractivity contribution is 7.98. The Morgan fingerprint density at radius 3 is 2.92 bits per heavy atom. The Morgan fingerprint density at radius 2 is 2.08 bits per heavy atom. The predicted octanol–water partition coefficient (Wildman–Crippen LogP) is 3.51. The molecule has 3 heterocycles. The number of nitrogens with zero attached hydrogens (tertiary/aromatic N) is 5. The molecule has 8 heteroatoms. The molecule has 0 aliphatic heterocycles. The summed E-state index contributed by atoms with van der Waals surface area (Å²) in [6.07, 6.45) is 3.28. The number of thioether (sulfide) groups is 1. The van der Waals surface area contributed by atoms with Crippen molar-refractivity contribution in [2.75, 3.05) is 0 Å². The molecule has 1 aromatic carbocycles. The van der Waals surface area contributed by atoms with Crippen molar-refractivity contribution in [3.05, 3.63) is 60.4 Å². The molecular formula is C16H13N5O2S. The van der Waals surface area contributed by atoms with Crippen molar-refractivity contribution >= 4 is 11.8 Å². The fraction of sp³-hybridized carbons (Fsp3) is 0.125. The van der Waals surface area contributed by atoms with E-state index in [1.54, 1.807) is 24.7 Å². The summed E-state index contributed by atoms with van der Waals surface area (Å²) >= 11 is 1.48. The Kier molecular flexibility index (Phi) is 3.87. The Morgan fingerprint density at radius 1 is 1.17 bits per heavy atom. The number of rotatable bonds is 5. The lowest BCUT2D eigenvalue weighted by molar-refractivity contribution is 0.390. The van der Waals surface area contributed by atoms with Gasteiger partial charge >= 0.3 is 0 Å². The van der Waals surface area contributed by atoms with E-state index < -0.39 is 0 Å². The lowest BCUT2D eigenvalue weighted by atomic mass is 10.2. The fourth-order valence-electron chi connectivity index (χ4n) is 2.27. The molecule has 24 heavy (non-hydrogen) atoms. The Hall–Kier alpha value is -2.87. The van der Waals surface area contributed by atoms with E-state index in [4.69, 9.17) is 8.94 Å². The van der Waals surface area contributed by atoms with Crippen molar-refractivity contribution in [3.63, 3.8) is 0 Å². The van der Waals surface area contributed by atoms with Crippen LogP contribution < -0.4 is 0 Å². The summed E-state index contributed by atoms with van der Waals surface area (Å²) < 4.78 is 12.5. The van der Waals surface area contributed by atoms with Gasteiger partial charge in [0.15, 0.2) is 10.9 Å². The van der Waals surface area contributed by atoms with E-state index in [-0.39, 0.29) is 0 Å². The van der Waals surface area contributed by atoms with E-state index in [2.05, 4.69) is 33.3 Å². The number of aryl methyl sites for hydroxylation is 1. The van der Waals surface area contributed by atoms with E-state index in [1.165, 1.54) is 11.8 Å². The third kappa shape index (κ3) is 2.83. The number of aromatic nitrogens is 5. The molecule has 0 unspecified atom stereocenters. The van der Waals surface area contributed by atoms with Gasteiger partial charge in [0.05, 0.1) is 17.7 Å². The Labute approximate surface area is 141 Å². The highest BCUT2D eigenvalue weighted by Gasteiger charge is 2.14. The number of benzene rings is 1. The standard InChI is InChI=1S/C16H13N5O2S/c1-11-5-2-3-6-12(11)21-10-17-19-16(21)24-9-14-18-15(20-23-14)13-7-4-8-22-13/h2-8,10H,9H2,1H3. The molecule has 4 aromatic rings. The van der Waals surface area contributed by atoms with Gasteiger partial charge in [0.25, 0.3) is 0 Å². The first kappa shape index (κ1) is 14.7. The predicted molar refractivity (Wildman–Crippen MR) is 87.7 cm³/mol. The second kappa shape index (κ2) is 6.32. The van der Waals surface area contributed by atoms with Crippen LogP contribution >= 0.6 is 11.8 Å². The van der Waals surface area contributed by atoms with Gasteiger partial charge in [-0.25, -0.2) is 0 Å². The van der Waals surface area contributed by atoms with Crippen LogP contribution in [0.5, 0.6) is 0 Å². The largest absolute Gasteiger partial charge is 0.461 e. The maximum Gasteiger partial charge on any atom is 0.238 e. The summed E-state index contributed by atoms with van der Waals surface area (Å²) in [6.45, 7) is 2.05. The fourth-order valence-corrected chi connectivity index (χ4v) is 3.03. The van der Waals surface area contributed by atoms with E-state index in [0.29, 0.717) is 23.2 Å². The SMILES string of the molecule is Cc1ccccc1-n1cnnc1SCc1nc(-c2ccco2)no1. The van der Waals surface area contributed by atoms with E-state index in [1.807, 2.05) is 22.8 Å². The molecule has 0 atom stereocenters. The topological polar surface area (TPSA) is 82.8 Å². The molecule has 120 valence electrons. The van der Waals surface area contributed by atoms with Gasteiger partial charge in [-0.1, -0.05) is 35.1 Å². The first-order valence-electron chi connectivity index (χ1n) is 7.26. The molecule has 0 radical (unpaired) electrons. The molecule has 0 amide bonds. The minimum absolute atomic E-state index is 0.441. The van der Waals surface area contributed by atoms with Gasteiger partial charge in [-0.3, -0.25) is 4.57 Å². The summed E-state index contributed by atoms with van der Waals surface area (Å²) in [5, 5.41) is 12.9. The molecule has 0 bridgehead atoms. The smallest absolute Gasteiger partial charge is 0.238 e. The van der Waals surface area contributed by atoms with Gasteiger partial charge in [-0.15, -0.1) is 10.2 Å². The van der Waals surface area contributed by atoms with Crippen LogP contribution in [0.2, 0.25) is 0 Å². The third-order valence-electron chi connectivity index (χ3n) is 3.43. The minimum atomic E-state index is 0.441. The lowest BCUT2D eigenvalue weighted by Crippen LogP contribution is -1.97. The quantitative estimate of drug-likeness (QED) is 0.514. The van der Waals surface area contributed by atoms with Crippen LogP contribution in [0.25, 0.3) is 17.3 Å². The van der Waals surface area contributed by atoms with Crippen molar-refractivity contribution < 1.29 is 8.94 Å². The van der Waals surface area contributed by atoms with Gasteiger partial charge < -0.3 is 8.94 Å². The van der Waals surface area contributed by atoms with E-state index in [9.17, 15) is 0 Å². The molecule has 4 rings (SSSR count). The second-order valence-electron chi connectivity index (χ2n) is 5.05. The summed E-state index contributed by atoms with van der Waals surface area (Å²) in [7, 11) is 0. The van der Waals surface area contributed by atoms with Gasteiger partial charge in [0, 0.05) is 0 Å². The first-order valence-corrected chi connectivity index (χ1v) is 8.25. The van der Waals surface area contributed by atoms with Crippen molar-refractivity contribution in [2.24, 2.45) is 0 Å². The summed E-state index contributed by atoms with van der Waals surface area (Å²) in [6, 6.07) is 11.7. The van der Waals surface area contributed by atoms with Crippen LogP contribution in [0, 0.1) is 6.92 Å². The van der Waals surface area contributed by atoms with Gasteiger partial charge in [-0.05, 0) is 30.7 Å². The molecule has 0 aliphatic carbocycles. The zero-order valence-electron chi connectivity index (χ0n) is 12.8. The summed E-state index contributed by atoms with van der Waals surface area (Å²) in [4.78, 5) is 4.32. The van der Waals surface area contributed by atoms with Crippen LogP contribution in [0.1, 0.15) is 11.5 Å². The van der Waals surface area contributed by atoms with Crippen molar-refractivity contribution in [3.8, 4) is 17.3 Å². The van der Waals surface area contributed by atoms with E-state index >= 15 is 0 Å². The first-order chi connectivity index (χ1) is 11.8. The van der Waals surface area contributed by atoms with Gasteiger partial charge in [0.1, 0.15) is 6.33 Å². The lowest BCUT2D eigenvalue weighted by Gasteiger charge is -2.08. The molecule has 0 fully saturated rings. The molecular weight excluding hydrogens is 326 g/mol. The van der Waals surface area contributed by atoms with Crippen LogP contribution in [-0.2, 0) is 5.75 Å². The van der Waals surface area contributed by atoms with Crippen LogP contribution in [-0.4, -0.2) is 24.9 Å². The number of furan rings is 1. The van der Waals surface area contributed by atoms with Crippen LogP contribution in [0.4, 0.5) is 0 Å². The van der Waals surface area contributed by atoms with Crippen molar-refractivity contribution in [1.29, 1.82) is 0 Å². The number of hydrogen-bond acceptors (Lipinski definition) is 7. The normalized spacial score (nSPS) is 11.0. The van der Waals surface area contributed by atoms with Crippen LogP contribution in [0.15, 0.2) is 63.1 Å². The van der Waals surface area contributed by atoms with Gasteiger partial charge in [-0.2, -0.15) is 4.98 Å². The molecule has 3 aromatic heterocycles. The zero-order valence-corrected chi connectivity index (χ0v) is 13.6. The highest BCUT2D eigenvalue weighted by atomic mass is 32.2. The molecule has 0 N–H and O–H groups in total. The number of hydrogen-bond donors (Lipinski definition) is 0. The highest BCUT2D eigenvalue weighted by Crippen LogP contribution is 2.25. The van der Waals surface area contributed by atoms with E-state index in [0.717, 1.165) is 16.4 Å². The van der Waals surface area contributed by atoms with Crippen molar-refractivity contribution in [2.45, 2.75) is 17.8 Å². The Bertz CT molecular complexity index is 945. The minimum Gasteiger partial charge on any atom is -0.461 e. The maximum absolute atomic E-state index is 5.26. The summed E-state index contributed by atoms with van der Waals surface area (Å²) in [5.41, 5.74) is 2.20. The average Bonchev–Trinajstić information content (AvgIpc) is 3.34. The number of para-hydroxylation sites is 1. The summed E-state index contributed by atoms with van der Waals surface area (Å²) in [5.74, 6) is 2.03. The molecule has 0 spiro atoms.